The van der Waals surface area contributed by atoms with Gasteiger partial charge in [-0.25, -0.2) is 0 Å². The van der Waals surface area contributed by atoms with E-state index in [0.717, 1.165) is 13.2 Å². The molecular weight excluding hydrogens is 432 g/mol. The maximum Gasteiger partial charge on any atom is 0.0721 e. The summed E-state index contributed by atoms with van der Waals surface area (Å²) in [6.45, 7) is 8.37. The number of hydrogen-bond donors (Lipinski definition) is 0. The van der Waals surface area contributed by atoms with Gasteiger partial charge in [0.15, 0.2) is 0 Å². The zero-order chi connectivity index (χ0) is 24.8. The summed E-state index contributed by atoms with van der Waals surface area (Å²) in [5.74, 6) is 0. The number of hydrogen-bond acceptors (Lipinski definition) is 3. The molecule has 0 bridgehead atoms. The van der Waals surface area contributed by atoms with Gasteiger partial charge in [-0.3, -0.25) is 0 Å². The molecule has 0 unspecified atom stereocenters. The van der Waals surface area contributed by atoms with Crippen molar-refractivity contribution in [1.82, 2.24) is 0 Å². The monoisotopic (exact) mass is 470 g/mol. The molecule has 0 fully saturated rings. The molecule has 3 nitrogen and oxygen atoms in total. The molecule has 0 amide bonds. The largest absolute Gasteiger partial charge is 0.382 e. The zero-order valence-corrected chi connectivity index (χ0v) is 21.0. The van der Waals surface area contributed by atoms with Gasteiger partial charge in [0, 0.05) is 13.2 Å². The predicted octanol–water partition coefficient (Wildman–Crippen LogP) is 7.85. The molecule has 35 heavy (non-hydrogen) atoms. The maximum atomic E-state index is 5.61. The Hall–Kier alpha value is -3.24. The minimum Gasteiger partial charge on any atom is -0.382 e. The second kappa shape index (κ2) is 19.1. The standard InChI is InChI=1S/2C14H14O.C4H10O/c2*1-3-7-13(8-4-1)11-15-12-14-9-5-2-6-10-14;1-3-5-4-2/h2*1-10H,11-12H2;3-4H2,1-2H3. The Labute approximate surface area is 211 Å². The van der Waals surface area contributed by atoms with Crippen molar-refractivity contribution in [3.8, 4) is 0 Å². The van der Waals surface area contributed by atoms with Gasteiger partial charge in [0.05, 0.1) is 26.4 Å². The average molecular weight is 471 g/mol. The normalized spacial score (nSPS) is 9.89. The molecule has 0 spiro atoms. The quantitative estimate of drug-likeness (QED) is 0.236. The van der Waals surface area contributed by atoms with Crippen molar-refractivity contribution >= 4 is 0 Å². The van der Waals surface area contributed by atoms with Crippen molar-refractivity contribution in [3.63, 3.8) is 0 Å². The third kappa shape index (κ3) is 13.9. The van der Waals surface area contributed by atoms with Crippen LogP contribution in [0.1, 0.15) is 36.1 Å². The van der Waals surface area contributed by atoms with Crippen LogP contribution in [-0.2, 0) is 40.6 Å². The summed E-state index contributed by atoms with van der Waals surface area (Å²) in [5, 5.41) is 0. The van der Waals surface area contributed by atoms with Crippen LogP contribution in [-0.4, -0.2) is 13.2 Å². The Morgan fingerprint density at radius 3 is 0.743 bits per heavy atom. The van der Waals surface area contributed by atoms with E-state index < -0.39 is 0 Å². The highest BCUT2D eigenvalue weighted by Crippen LogP contribution is 2.06. The minimum atomic E-state index is 0.676. The van der Waals surface area contributed by atoms with Gasteiger partial charge in [-0.15, -0.1) is 0 Å². The highest BCUT2D eigenvalue weighted by molar-refractivity contribution is 5.16. The summed E-state index contributed by atoms with van der Waals surface area (Å²) >= 11 is 0. The molecule has 4 aromatic rings. The SMILES string of the molecule is CCOCC.c1ccc(COCc2ccccc2)cc1.c1ccc(COCc2ccccc2)cc1. The van der Waals surface area contributed by atoms with Gasteiger partial charge in [0.2, 0.25) is 0 Å². The molecule has 0 heterocycles. The molecule has 0 atom stereocenters. The summed E-state index contributed by atoms with van der Waals surface area (Å²) in [5.41, 5.74) is 4.86. The lowest BCUT2D eigenvalue weighted by molar-refractivity contribution is 0.107. The van der Waals surface area contributed by atoms with E-state index in [1.54, 1.807) is 0 Å². The lowest BCUT2D eigenvalue weighted by Gasteiger charge is -2.03. The molecule has 0 aliphatic rings. The van der Waals surface area contributed by atoms with Crippen molar-refractivity contribution in [2.75, 3.05) is 13.2 Å². The second-order valence-electron chi connectivity index (χ2n) is 7.71. The lowest BCUT2D eigenvalue weighted by Crippen LogP contribution is -1.93. The Bertz CT molecular complexity index is 812. The molecule has 3 heteroatoms. The van der Waals surface area contributed by atoms with E-state index in [2.05, 4.69) is 48.5 Å². The molecular formula is C32H38O3. The van der Waals surface area contributed by atoms with Crippen molar-refractivity contribution < 1.29 is 14.2 Å². The average Bonchev–Trinajstić information content (AvgIpc) is 2.92. The van der Waals surface area contributed by atoms with Crippen LogP contribution in [0, 0.1) is 0 Å². The van der Waals surface area contributed by atoms with Gasteiger partial charge >= 0.3 is 0 Å². The van der Waals surface area contributed by atoms with Gasteiger partial charge in [-0.1, -0.05) is 121 Å². The zero-order valence-electron chi connectivity index (χ0n) is 21.0. The van der Waals surface area contributed by atoms with Gasteiger partial charge in [0.25, 0.3) is 0 Å². The summed E-state index contributed by atoms with van der Waals surface area (Å²) in [7, 11) is 0. The van der Waals surface area contributed by atoms with Crippen LogP contribution in [0.4, 0.5) is 0 Å². The molecule has 0 radical (unpaired) electrons. The Morgan fingerprint density at radius 1 is 0.343 bits per heavy atom. The third-order valence-electron chi connectivity index (χ3n) is 4.85. The van der Waals surface area contributed by atoms with Gasteiger partial charge in [-0.05, 0) is 36.1 Å². The first-order valence-electron chi connectivity index (χ1n) is 12.2. The van der Waals surface area contributed by atoms with E-state index in [1.807, 2.05) is 86.6 Å². The fourth-order valence-electron chi connectivity index (χ4n) is 3.07. The van der Waals surface area contributed by atoms with Crippen LogP contribution in [0.3, 0.4) is 0 Å². The minimum absolute atomic E-state index is 0.676. The van der Waals surface area contributed by atoms with Gasteiger partial charge in [-0.2, -0.15) is 0 Å². The van der Waals surface area contributed by atoms with E-state index >= 15 is 0 Å². The van der Waals surface area contributed by atoms with Crippen LogP contribution in [0.25, 0.3) is 0 Å². The summed E-state index contributed by atoms with van der Waals surface area (Å²) in [6, 6.07) is 40.9. The number of rotatable bonds is 10. The predicted molar refractivity (Wildman–Crippen MR) is 145 cm³/mol. The first kappa shape index (κ1) is 28.0. The van der Waals surface area contributed by atoms with E-state index in [-0.39, 0.29) is 0 Å². The summed E-state index contributed by atoms with van der Waals surface area (Å²) in [6.07, 6.45) is 0. The molecule has 4 aromatic carbocycles. The van der Waals surface area contributed by atoms with E-state index in [4.69, 9.17) is 14.2 Å². The first-order valence-corrected chi connectivity index (χ1v) is 12.2. The van der Waals surface area contributed by atoms with Crippen molar-refractivity contribution in [2.24, 2.45) is 0 Å². The molecule has 0 aliphatic carbocycles. The Kier molecular flexibility index (Phi) is 15.3. The maximum absolute atomic E-state index is 5.61. The molecule has 184 valence electrons. The molecule has 0 aromatic heterocycles. The molecule has 0 saturated heterocycles. The van der Waals surface area contributed by atoms with Gasteiger partial charge < -0.3 is 14.2 Å². The molecule has 0 saturated carbocycles. The summed E-state index contributed by atoms with van der Waals surface area (Å²) in [4.78, 5) is 0. The fraction of sp³-hybridized carbons (Fsp3) is 0.250. The highest BCUT2D eigenvalue weighted by atomic mass is 16.5. The summed E-state index contributed by atoms with van der Waals surface area (Å²) < 4.78 is 16.0. The van der Waals surface area contributed by atoms with E-state index in [1.165, 1.54) is 22.3 Å². The second-order valence-corrected chi connectivity index (χ2v) is 7.71. The highest BCUT2D eigenvalue weighted by Gasteiger charge is 1.94. The first-order chi connectivity index (χ1) is 17.3. The van der Waals surface area contributed by atoms with Crippen molar-refractivity contribution in [2.45, 2.75) is 40.3 Å². The smallest absolute Gasteiger partial charge is 0.0721 e. The third-order valence-corrected chi connectivity index (χ3v) is 4.85. The van der Waals surface area contributed by atoms with Crippen molar-refractivity contribution in [1.29, 1.82) is 0 Å². The number of ether oxygens (including phenoxy) is 3. The van der Waals surface area contributed by atoms with E-state index in [9.17, 15) is 0 Å². The van der Waals surface area contributed by atoms with Crippen LogP contribution < -0.4 is 0 Å². The van der Waals surface area contributed by atoms with Crippen LogP contribution >= 0.6 is 0 Å². The van der Waals surface area contributed by atoms with E-state index in [0.29, 0.717) is 26.4 Å². The Balaban J connectivity index is 0.000000208. The van der Waals surface area contributed by atoms with Gasteiger partial charge in [0.1, 0.15) is 0 Å². The number of benzene rings is 4. The fourth-order valence-corrected chi connectivity index (χ4v) is 3.07. The van der Waals surface area contributed by atoms with Crippen LogP contribution in [0.5, 0.6) is 0 Å². The van der Waals surface area contributed by atoms with Crippen molar-refractivity contribution in [3.05, 3.63) is 144 Å². The Morgan fingerprint density at radius 2 is 0.571 bits per heavy atom. The lowest BCUT2D eigenvalue weighted by atomic mass is 10.2. The molecule has 4 rings (SSSR count). The topological polar surface area (TPSA) is 27.7 Å². The molecule has 0 aliphatic heterocycles. The van der Waals surface area contributed by atoms with Crippen LogP contribution in [0.2, 0.25) is 0 Å². The van der Waals surface area contributed by atoms with Crippen LogP contribution in [0.15, 0.2) is 121 Å². The molecule has 0 N–H and O–H groups in total.